The number of anilines is 1. The van der Waals surface area contributed by atoms with Crippen LogP contribution in [0.2, 0.25) is 0 Å². The lowest BCUT2D eigenvalue weighted by atomic mass is 9.86. The van der Waals surface area contributed by atoms with Crippen molar-refractivity contribution in [1.29, 1.82) is 5.26 Å². The molecule has 1 unspecified atom stereocenters. The summed E-state index contributed by atoms with van der Waals surface area (Å²) in [4.78, 5) is 34.2. The minimum atomic E-state index is -0.835. The average Bonchev–Trinajstić information content (AvgIpc) is 3.02. The molecule has 1 aromatic heterocycles. The van der Waals surface area contributed by atoms with Gasteiger partial charge in [-0.05, 0) is 36.8 Å². The number of non-ortho nitro benzene ring substituents is 1. The number of nitro groups is 2. The standard InChI is InChI=1S/C18H16N4O5S/c1-2-10-3-5-12-14(9-19)18(28-16(12)7-10)20-17(23)13-6-4-11(21(24)25)8-15(13)22(26)27/h4,6,8,10H,2-3,5,7H2,1H3,(H,20,23). The third-order valence-electron chi connectivity index (χ3n) is 4.92. The largest absolute Gasteiger partial charge is 0.312 e. The maximum atomic E-state index is 12.6. The van der Waals surface area contributed by atoms with Crippen molar-refractivity contribution in [2.45, 2.75) is 32.6 Å². The first kappa shape index (κ1) is 19.4. The maximum Gasteiger partial charge on any atom is 0.289 e. The Morgan fingerprint density at radius 2 is 2.11 bits per heavy atom. The van der Waals surface area contributed by atoms with Gasteiger partial charge in [0.2, 0.25) is 0 Å². The molecule has 1 aliphatic carbocycles. The summed E-state index contributed by atoms with van der Waals surface area (Å²) in [5.41, 5.74) is -0.0915. The van der Waals surface area contributed by atoms with Crippen LogP contribution >= 0.6 is 11.3 Å². The monoisotopic (exact) mass is 400 g/mol. The Bertz CT molecular complexity index is 1020. The van der Waals surface area contributed by atoms with E-state index in [1.54, 1.807) is 0 Å². The zero-order chi connectivity index (χ0) is 20.4. The number of nitro benzene ring substituents is 2. The maximum absolute atomic E-state index is 12.6. The Labute approximate surface area is 163 Å². The van der Waals surface area contributed by atoms with E-state index in [9.17, 15) is 30.3 Å². The predicted octanol–water partition coefficient (Wildman–Crippen LogP) is 4.20. The highest BCUT2D eigenvalue weighted by Crippen LogP contribution is 2.40. The lowest BCUT2D eigenvalue weighted by molar-refractivity contribution is -0.394. The first-order valence-electron chi connectivity index (χ1n) is 8.64. The van der Waals surface area contributed by atoms with Gasteiger partial charge in [-0.2, -0.15) is 5.26 Å². The van der Waals surface area contributed by atoms with Crippen LogP contribution in [0.1, 0.15) is 46.1 Å². The molecule has 1 amide bonds. The predicted molar refractivity (Wildman–Crippen MR) is 103 cm³/mol. The summed E-state index contributed by atoms with van der Waals surface area (Å²) in [6.07, 6.45) is 3.63. The van der Waals surface area contributed by atoms with Crippen LogP contribution in [0, 0.1) is 37.5 Å². The number of thiophene rings is 1. The van der Waals surface area contributed by atoms with E-state index in [0.29, 0.717) is 16.5 Å². The molecular formula is C18H16N4O5S. The van der Waals surface area contributed by atoms with E-state index in [1.807, 2.05) is 0 Å². The van der Waals surface area contributed by atoms with Crippen LogP contribution in [-0.4, -0.2) is 15.8 Å². The third-order valence-corrected chi connectivity index (χ3v) is 6.09. The molecule has 1 N–H and O–H groups in total. The van der Waals surface area contributed by atoms with Crippen molar-refractivity contribution in [3.8, 4) is 6.07 Å². The molecule has 0 aliphatic heterocycles. The molecule has 0 saturated carbocycles. The summed E-state index contributed by atoms with van der Waals surface area (Å²) in [6, 6.07) is 4.98. The molecule has 0 bridgehead atoms. The zero-order valence-corrected chi connectivity index (χ0v) is 15.7. The van der Waals surface area contributed by atoms with Crippen molar-refractivity contribution in [3.63, 3.8) is 0 Å². The van der Waals surface area contributed by atoms with Crippen molar-refractivity contribution < 1.29 is 14.6 Å². The number of hydrogen-bond donors (Lipinski definition) is 1. The lowest BCUT2D eigenvalue weighted by Gasteiger charge is -2.20. The van der Waals surface area contributed by atoms with E-state index >= 15 is 0 Å². The molecule has 10 heteroatoms. The number of fused-ring (bicyclic) bond motifs is 1. The van der Waals surface area contributed by atoms with Crippen LogP contribution in [0.25, 0.3) is 0 Å². The SMILES string of the molecule is CCC1CCc2c(sc(NC(=O)c3ccc([N+](=O)[O-])cc3[N+](=O)[O-])c2C#N)C1. The second kappa shape index (κ2) is 7.74. The summed E-state index contributed by atoms with van der Waals surface area (Å²) < 4.78 is 0. The van der Waals surface area contributed by atoms with Gasteiger partial charge in [0.15, 0.2) is 0 Å². The van der Waals surface area contributed by atoms with Crippen LogP contribution < -0.4 is 5.32 Å². The van der Waals surface area contributed by atoms with Gasteiger partial charge in [-0.15, -0.1) is 11.3 Å². The highest BCUT2D eigenvalue weighted by molar-refractivity contribution is 7.16. The molecule has 1 atom stereocenters. The highest BCUT2D eigenvalue weighted by atomic mass is 32.1. The number of amides is 1. The van der Waals surface area contributed by atoms with E-state index in [2.05, 4.69) is 18.3 Å². The summed E-state index contributed by atoms with van der Waals surface area (Å²) in [5, 5.41) is 34.6. The minimum Gasteiger partial charge on any atom is -0.312 e. The van der Waals surface area contributed by atoms with Gasteiger partial charge in [-0.3, -0.25) is 25.0 Å². The van der Waals surface area contributed by atoms with Gasteiger partial charge in [-0.1, -0.05) is 13.3 Å². The molecule has 0 spiro atoms. The van der Waals surface area contributed by atoms with Crippen LogP contribution in [-0.2, 0) is 12.8 Å². The third kappa shape index (κ3) is 3.57. The second-order valence-electron chi connectivity index (χ2n) is 6.51. The first-order chi connectivity index (χ1) is 13.3. The van der Waals surface area contributed by atoms with Gasteiger partial charge in [-0.25, -0.2) is 0 Å². The fourth-order valence-corrected chi connectivity index (χ4v) is 4.66. The van der Waals surface area contributed by atoms with Crippen molar-refractivity contribution >= 4 is 33.6 Å². The first-order valence-corrected chi connectivity index (χ1v) is 9.46. The van der Waals surface area contributed by atoms with Gasteiger partial charge in [0.1, 0.15) is 16.6 Å². The molecule has 3 rings (SSSR count). The van der Waals surface area contributed by atoms with E-state index in [-0.39, 0.29) is 5.56 Å². The second-order valence-corrected chi connectivity index (χ2v) is 7.61. The van der Waals surface area contributed by atoms with Crippen LogP contribution in [0.15, 0.2) is 18.2 Å². The van der Waals surface area contributed by atoms with Gasteiger partial charge in [0.25, 0.3) is 17.3 Å². The molecule has 144 valence electrons. The molecule has 1 heterocycles. The number of nitriles is 1. The molecule has 28 heavy (non-hydrogen) atoms. The van der Waals surface area contributed by atoms with Gasteiger partial charge in [0, 0.05) is 10.9 Å². The topological polar surface area (TPSA) is 139 Å². The number of benzene rings is 1. The summed E-state index contributed by atoms with van der Waals surface area (Å²) >= 11 is 1.32. The Kier molecular flexibility index (Phi) is 5.37. The number of nitrogens with zero attached hydrogens (tertiary/aromatic N) is 3. The number of carbonyl (C=O) groups is 1. The van der Waals surface area contributed by atoms with E-state index < -0.39 is 27.1 Å². The Hall–Kier alpha value is -3.32. The Morgan fingerprint density at radius 3 is 2.71 bits per heavy atom. The van der Waals surface area contributed by atoms with Crippen molar-refractivity contribution in [2.24, 2.45) is 5.92 Å². The number of rotatable bonds is 5. The fourth-order valence-electron chi connectivity index (χ4n) is 3.36. The summed E-state index contributed by atoms with van der Waals surface area (Å²) in [7, 11) is 0. The van der Waals surface area contributed by atoms with Gasteiger partial charge >= 0.3 is 0 Å². The normalized spacial score (nSPS) is 15.4. The van der Waals surface area contributed by atoms with Crippen molar-refractivity contribution in [1.82, 2.24) is 0 Å². The molecule has 0 fully saturated rings. The quantitative estimate of drug-likeness (QED) is 0.589. The van der Waals surface area contributed by atoms with Crippen molar-refractivity contribution in [3.05, 3.63) is 60.0 Å². The average molecular weight is 400 g/mol. The van der Waals surface area contributed by atoms with E-state index in [4.69, 9.17) is 0 Å². The Balaban J connectivity index is 1.94. The molecule has 2 aromatic rings. The summed E-state index contributed by atoms with van der Waals surface area (Å²) in [5.74, 6) is -0.235. The van der Waals surface area contributed by atoms with Crippen LogP contribution in [0.4, 0.5) is 16.4 Å². The Morgan fingerprint density at radius 1 is 1.36 bits per heavy atom. The molecule has 1 aromatic carbocycles. The van der Waals surface area contributed by atoms with E-state index in [1.165, 1.54) is 11.3 Å². The smallest absolute Gasteiger partial charge is 0.289 e. The highest BCUT2D eigenvalue weighted by Gasteiger charge is 2.28. The number of carbonyl (C=O) groups excluding carboxylic acids is 1. The van der Waals surface area contributed by atoms with Crippen molar-refractivity contribution in [2.75, 3.05) is 5.32 Å². The molecule has 1 aliphatic rings. The number of nitrogens with one attached hydrogen (secondary N) is 1. The lowest BCUT2D eigenvalue weighted by Crippen LogP contribution is -2.14. The zero-order valence-electron chi connectivity index (χ0n) is 14.9. The molecule has 9 nitrogen and oxygen atoms in total. The van der Waals surface area contributed by atoms with Crippen LogP contribution in [0.3, 0.4) is 0 Å². The van der Waals surface area contributed by atoms with Gasteiger partial charge in [0.05, 0.1) is 21.5 Å². The number of hydrogen-bond acceptors (Lipinski definition) is 7. The van der Waals surface area contributed by atoms with E-state index in [0.717, 1.165) is 54.3 Å². The van der Waals surface area contributed by atoms with Gasteiger partial charge < -0.3 is 5.32 Å². The fraction of sp³-hybridized carbons (Fsp3) is 0.333. The summed E-state index contributed by atoms with van der Waals surface area (Å²) in [6.45, 7) is 2.12. The molecule has 0 saturated heterocycles. The molecule has 0 radical (unpaired) electrons. The minimum absolute atomic E-state index is 0.294. The molecular weight excluding hydrogens is 384 g/mol. The van der Waals surface area contributed by atoms with Crippen LogP contribution in [0.5, 0.6) is 0 Å².